The Bertz CT molecular complexity index is 378. The molecule has 100 valence electrons. The molecule has 0 saturated carbocycles. The van der Waals surface area contributed by atoms with Crippen LogP contribution in [0, 0.1) is 0 Å². The molecular formula is C13H19NO3S. The van der Waals surface area contributed by atoms with E-state index in [9.17, 15) is 4.79 Å². The van der Waals surface area contributed by atoms with E-state index in [1.54, 1.807) is 14.0 Å². The number of carbonyl (C=O) groups is 1. The highest BCUT2D eigenvalue weighted by Crippen LogP contribution is 2.25. The van der Waals surface area contributed by atoms with Crippen molar-refractivity contribution in [3.8, 4) is 5.75 Å². The lowest BCUT2D eigenvalue weighted by Gasteiger charge is -2.13. The minimum atomic E-state index is -0.521. The molecule has 5 heteroatoms. The summed E-state index contributed by atoms with van der Waals surface area (Å²) in [6.07, 6.45) is -0.521. The Kier molecular flexibility index (Phi) is 6.01. The Balaban J connectivity index is 2.47. The van der Waals surface area contributed by atoms with Crippen LogP contribution in [0.1, 0.15) is 13.8 Å². The number of ether oxygens (including phenoxy) is 1. The summed E-state index contributed by atoms with van der Waals surface area (Å²) in [5.74, 6) is 0.724. The number of hydrogen-bond acceptors (Lipinski definition) is 4. The number of thioether (sulfide) groups is 1. The van der Waals surface area contributed by atoms with Crippen molar-refractivity contribution in [1.82, 2.24) is 5.32 Å². The van der Waals surface area contributed by atoms with Crippen molar-refractivity contribution in [2.45, 2.75) is 30.1 Å². The van der Waals surface area contributed by atoms with E-state index in [2.05, 4.69) is 5.32 Å². The van der Waals surface area contributed by atoms with Gasteiger partial charge in [-0.3, -0.25) is 4.79 Å². The summed E-state index contributed by atoms with van der Waals surface area (Å²) in [5.41, 5.74) is 0. The van der Waals surface area contributed by atoms with Crippen LogP contribution in [0.25, 0.3) is 0 Å². The van der Waals surface area contributed by atoms with Crippen molar-refractivity contribution in [1.29, 1.82) is 0 Å². The fourth-order valence-corrected chi connectivity index (χ4v) is 2.20. The molecule has 0 aliphatic heterocycles. The van der Waals surface area contributed by atoms with E-state index in [1.165, 1.54) is 11.8 Å². The van der Waals surface area contributed by atoms with E-state index in [0.29, 0.717) is 0 Å². The maximum Gasteiger partial charge on any atom is 0.233 e. The number of rotatable bonds is 6. The van der Waals surface area contributed by atoms with Crippen molar-refractivity contribution in [2.75, 3.05) is 13.7 Å². The summed E-state index contributed by atoms with van der Waals surface area (Å²) in [5, 5.41) is 11.6. The Labute approximate surface area is 112 Å². The van der Waals surface area contributed by atoms with Crippen molar-refractivity contribution in [3.05, 3.63) is 24.3 Å². The molecule has 0 radical (unpaired) electrons. The van der Waals surface area contributed by atoms with Crippen LogP contribution >= 0.6 is 11.8 Å². The first-order valence-corrected chi connectivity index (χ1v) is 6.67. The molecule has 2 N–H and O–H groups in total. The minimum Gasteiger partial charge on any atom is -0.497 e. The molecule has 1 rings (SSSR count). The van der Waals surface area contributed by atoms with E-state index >= 15 is 0 Å². The fourth-order valence-electron chi connectivity index (χ4n) is 1.30. The highest BCUT2D eigenvalue weighted by atomic mass is 32.2. The summed E-state index contributed by atoms with van der Waals surface area (Å²) in [7, 11) is 1.62. The molecule has 2 atom stereocenters. The van der Waals surface area contributed by atoms with Crippen LogP contribution in [0.4, 0.5) is 0 Å². The largest absolute Gasteiger partial charge is 0.497 e. The van der Waals surface area contributed by atoms with Gasteiger partial charge in [0.25, 0.3) is 0 Å². The summed E-state index contributed by atoms with van der Waals surface area (Å²) in [4.78, 5) is 12.7. The SMILES string of the molecule is COc1ccc(SC(C)C(=O)NCC(C)O)cc1. The lowest BCUT2D eigenvalue weighted by molar-refractivity contribution is -0.120. The number of aliphatic hydroxyl groups excluding tert-OH is 1. The number of carbonyl (C=O) groups excluding carboxylic acids is 1. The van der Waals surface area contributed by atoms with Gasteiger partial charge in [-0.05, 0) is 38.1 Å². The second-order valence-corrected chi connectivity index (χ2v) is 5.44. The quantitative estimate of drug-likeness (QED) is 0.771. The Morgan fingerprint density at radius 2 is 2.00 bits per heavy atom. The molecule has 0 aliphatic carbocycles. The van der Waals surface area contributed by atoms with Crippen molar-refractivity contribution >= 4 is 17.7 Å². The van der Waals surface area contributed by atoms with E-state index in [-0.39, 0.29) is 17.7 Å². The topological polar surface area (TPSA) is 58.6 Å². The van der Waals surface area contributed by atoms with Gasteiger partial charge in [-0.15, -0.1) is 11.8 Å². The van der Waals surface area contributed by atoms with Crippen molar-refractivity contribution in [2.24, 2.45) is 0 Å². The van der Waals surface area contributed by atoms with Crippen molar-refractivity contribution in [3.63, 3.8) is 0 Å². The molecule has 0 saturated heterocycles. The van der Waals surface area contributed by atoms with Crippen LogP contribution in [-0.2, 0) is 4.79 Å². The molecule has 1 aromatic carbocycles. The molecule has 1 aromatic rings. The predicted molar refractivity (Wildman–Crippen MR) is 73.0 cm³/mol. The Morgan fingerprint density at radius 3 is 2.50 bits per heavy atom. The minimum absolute atomic E-state index is 0.0725. The average Bonchev–Trinajstić information content (AvgIpc) is 2.36. The lowest BCUT2D eigenvalue weighted by Crippen LogP contribution is -2.35. The van der Waals surface area contributed by atoms with Gasteiger partial charge in [-0.25, -0.2) is 0 Å². The molecular weight excluding hydrogens is 250 g/mol. The van der Waals surface area contributed by atoms with Gasteiger partial charge in [-0.1, -0.05) is 0 Å². The summed E-state index contributed by atoms with van der Waals surface area (Å²) in [6, 6.07) is 7.56. The van der Waals surface area contributed by atoms with Crippen LogP contribution < -0.4 is 10.1 Å². The number of nitrogens with one attached hydrogen (secondary N) is 1. The molecule has 18 heavy (non-hydrogen) atoms. The molecule has 1 amide bonds. The zero-order valence-corrected chi connectivity index (χ0v) is 11.7. The Morgan fingerprint density at radius 1 is 1.39 bits per heavy atom. The number of amides is 1. The van der Waals surface area contributed by atoms with Gasteiger partial charge in [0, 0.05) is 11.4 Å². The van der Waals surface area contributed by atoms with Crippen LogP contribution in [0.3, 0.4) is 0 Å². The van der Waals surface area contributed by atoms with Crippen LogP contribution in [0.15, 0.2) is 29.2 Å². The molecule has 4 nitrogen and oxygen atoms in total. The van der Waals surface area contributed by atoms with Gasteiger partial charge < -0.3 is 15.2 Å². The fraction of sp³-hybridized carbons (Fsp3) is 0.462. The van der Waals surface area contributed by atoms with E-state index in [1.807, 2.05) is 31.2 Å². The third kappa shape index (κ3) is 4.98. The smallest absolute Gasteiger partial charge is 0.233 e. The predicted octanol–water partition coefficient (Wildman–Crippen LogP) is 1.67. The highest BCUT2D eigenvalue weighted by molar-refractivity contribution is 8.00. The zero-order chi connectivity index (χ0) is 13.5. The third-order valence-electron chi connectivity index (χ3n) is 2.31. The molecule has 0 fully saturated rings. The van der Waals surface area contributed by atoms with Gasteiger partial charge >= 0.3 is 0 Å². The molecule has 0 aromatic heterocycles. The van der Waals surface area contributed by atoms with E-state index < -0.39 is 6.10 Å². The normalized spacial score (nSPS) is 13.8. The maximum absolute atomic E-state index is 11.7. The second-order valence-electron chi connectivity index (χ2n) is 4.03. The summed E-state index contributed by atoms with van der Waals surface area (Å²) >= 11 is 1.47. The third-order valence-corrected chi connectivity index (χ3v) is 3.43. The van der Waals surface area contributed by atoms with E-state index in [0.717, 1.165) is 10.6 Å². The monoisotopic (exact) mass is 269 g/mol. The number of aliphatic hydroxyl groups is 1. The Hall–Kier alpha value is -1.20. The second kappa shape index (κ2) is 7.28. The lowest BCUT2D eigenvalue weighted by atomic mass is 10.3. The molecule has 2 unspecified atom stereocenters. The standard InChI is InChI=1S/C13H19NO3S/c1-9(15)8-14-13(16)10(2)18-12-6-4-11(17-3)5-7-12/h4-7,9-10,15H,8H2,1-3H3,(H,14,16). The number of methoxy groups -OCH3 is 1. The first-order valence-electron chi connectivity index (χ1n) is 5.79. The molecule has 0 heterocycles. The maximum atomic E-state index is 11.7. The van der Waals surface area contributed by atoms with Gasteiger partial charge in [-0.2, -0.15) is 0 Å². The summed E-state index contributed by atoms with van der Waals surface area (Å²) in [6.45, 7) is 3.76. The van der Waals surface area contributed by atoms with Gasteiger partial charge in [0.1, 0.15) is 5.75 Å². The van der Waals surface area contributed by atoms with Crippen LogP contribution in [-0.4, -0.2) is 36.0 Å². The zero-order valence-electron chi connectivity index (χ0n) is 10.8. The van der Waals surface area contributed by atoms with Gasteiger partial charge in [0.05, 0.1) is 18.5 Å². The molecule has 0 aliphatic rings. The first-order chi connectivity index (χ1) is 8.52. The van der Waals surface area contributed by atoms with Crippen LogP contribution in [0.2, 0.25) is 0 Å². The number of benzene rings is 1. The van der Waals surface area contributed by atoms with Gasteiger partial charge in [0.15, 0.2) is 0 Å². The van der Waals surface area contributed by atoms with Crippen molar-refractivity contribution < 1.29 is 14.6 Å². The molecule has 0 bridgehead atoms. The van der Waals surface area contributed by atoms with Gasteiger partial charge in [0.2, 0.25) is 5.91 Å². The highest BCUT2D eigenvalue weighted by Gasteiger charge is 2.14. The average molecular weight is 269 g/mol. The number of hydrogen-bond donors (Lipinski definition) is 2. The first kappa shape index (κ1) is 14.9. The van der Waals surface area contributed by atoms with E-state index in [4.69, 9.17) is 9.84 Å². The molecule has 0 spiro atoms. The van der Waals surface area contributed by atoms with Crippen LogP contribution in [0.5, 0.6) is 5.75 Å². The summed E-state index contributed by atoms with van der Waals surface area (Å²) < 4.78 is 5.07.